The predicted molar refractivity (Wildman–Crippen MR) is 60.7 cm³/mol. The summed E-state index contributed by atoms with van der Waals surface area (Å²) in [7, 11) is 0. The summed E-state index contributed by atoms with van der Waals surface area (Å²) in [6.45, 7) is 5.94. The number of hydrogen-bond donors (Lipinski definition) is 1. The number of aryl methyl sites for hydroxylation is 1. The Hall–Kier alpha value is -0.530. The third-order valence-corrected chi connectivity index (χ3v) is 3.29. The van der Waals surface area contributed by atoms with Crippen molar-refractivity contribution in [3.05, 3.63) is 34.3 Å². The molecule has 0 aliphatic heterocycles. The van der Waals surface area contributed by atoms with Crippen LogP contribution in [0, 0.1) is 6.92 Å². The predicted octanol–water partition coefficient (Wildman–Crippen LogP) is 3.66. The van der Waals surface area contributed by atoms with E-state index in [2.05, 4.69) is 0 Å². The second-order valence-corrected chi connectivity index (χ2v) is 4.11. The molecule has 1 aromatic carbocycles. The average molecular weight is 213 g/mol. The molecule has 1 N–H and O–H groups in total. The Bertz CT molecular complexity index is 316. The van der Waals surface area contributed by atoms with E-state index in [9.17, 15) is 5.11 Å². The van der Waals surface area contributed by atoms with Gasteiger partial charge >= 0.3 is 0 Å². The highest BCUT2D eigenvalue weighted by atomic mass is 35.5. The molecule has 14 heavy (non-hydrogen) atoms. The average Bonchev–Trinajstić information content (AvgIpc) is 2.21. The van der Waals surface area contributed by atoms with E-state index in [1.807, 2.05) is 39.0 Å². The van der Waals surface area contributed by atoms with Gasteiger partial charge in [0.05, 0.1) is 5.60 Å². The molecule has 0 unspecified atom stereocenters. The van der Waals surface area contributed by atoms with E-state index in [0.29, 0.717) is 0 Å². The first-order chi connectivity index (χ1) is 6.53. The summed E-state index contributed by atoms with van der Waals surface area (Å²) in [5.74, 6) is 0. The molecule has 2 heteroatoms. The maximum Gasteiger partial charge on any atom is 0.0891 e. The second kappa shape index (κ2) is 4.33. The van der Waals surface area contributed by atoms with Gasteiger partial charge < -0.3 is 5.11 Å². The Morgan fingerprint density at radius 3 is 2.29 bits per heavy atom. The Morgan fingerprint density at radius 2 is 1.86 bits per heavy atom. The fourth-order valence-corrected chi connectivity index (χ4v) is 1.71. The molecule has 0 aliphatic carbocycles. The number of hydrogen-bond acceptors (Lipinski definition) is 1. The minimum absolute atomic E-state index is 0.699. The van der Waals surface area contributed by atoms with Gasteiger partial charge in [-0.25, -0.2) is 0 Å². The molecule has 1 rings (SSSR count). The van der Waals surface area contributed by atoms with E-state index in [4.69, 9.17) is 11.6 Å². The van der Waals surface area contributed by atoms with E-state index in [0.717, 1.165) is 29.0 Å². The van der Waals surface area contributed by atoms with E-state index in [-0.39, 0.29) is 0 Å². The van der Waals surface area contributed by atoms with E-state index < -0.39 is 5.60 Å². The number of halogens is 1. The summed E-state index contributed by atoms with van der Waals surface area (Å²) in [5, 5.41) is 11.0. The quantitative estimate of drug-likeness (QED) is 0.811. The zero-order valence-corrected chi connectivity index (χ0v) is 9.73. The fourth-order valence-electron chi connectivity index (χ4n) is 1.59. The first kappa shape index (κ1) is 11.5. The van der Waals surface area contributed by atoms with Crippen LogP contribution in [-0.4, -0.2) is 5.11 Å². The van der Waals surface area contributed by atoms with Crippen molar-refractivity contribution in [3.8, 4) is 0 Å². The Labute approximate surface area is 90.7 Å². The molecule has 1 aromatic rings. The van der Waals surface area contributed by atoms with Crippen LogP contribution in [0.1, 0.15) is 37.8 Å². The highest BCUT2D eigenvalue weighted by molar-refractivity contribution is 6.31. The summed E-state index contributed by atoms with van der Waals surface area (Å²) >= 11 is 5.94. The summed E-state index contributed by atoms with van der Waals surface area (Å²) < 4.78 is 0. The summed E-state index contributed by atoms with van der Waals surface area (Å²) in [4.78, 5) is 0. The van der Waals surface area contributed by atoms with Crippen LogP contribution in [0.5, 0.6) is 0 Å². The van der Waals surface area contributed by atoms with E-state index in [1.54, 1.807) is 0 Å². The molecule has 0 spiro atoms. The molecule has 0 heterocycles. The molecule has 0 bridgehead atoms. The van der Waals surface area contributed by atoms with Gasteiger partial charge in [-0.1, -0.05) is 37.6 Å². The van der Waals surface area contributed by atoms with Gasteiger partial charge in [-0.05, 0) is 37.0 Å². The minimum Gasteiger partial charge on any atom is -0.385 e. The highest BCUT2D eigenvalue weighted by Crippen LogP contribution is 2.30. The monoisotopic (exact) mass is 212 g/mol. The smallest absolute Gasteiger partial charge is 0.0891 e. The zero-order chi connectivity index (χ0) is 10.8. The topological polar surface area (TPSA) is 20.2 Å². The Balaban J connectivity index is 3.12. The molecule has 0 amide bonds. The highest BCUT2D eigenvalue weighted by Gasteiger charge is 2.24. The molecule has 0 radical (unpaired) electrons. The number of aliphatic hydroxyl groups is 1. The second-order valence-electron chi connectivity index (χ2n) is 3.70. The Morgan fingerprint density at radius 1 is 1.29 bits per heavy atom. The summed E-state index contributed by atoms with van der Waals surface area (Å²) in [5.41, 5.74) is 1.28. The van der Waals surface area contributed by atoms with Crippen LogP contribution in [0.4, 0.5) is 0 Å². The van der Waals surface area contributed by atoms with Crippen LogP contribution in [0.3, 0.4) is 0 Å². The molecule has 0 aromatic heterocycles. The van der Waals surface area contributed by atoms with E-state index >= 15 is 0 Å². The lowest BCUT2D eigenvalue weighted by Crippen LogP contribution is -2.23. The zero-order valence-electron chi connectivity index (χ0n) is 8.97. The Kier molecular flexibility index (Phi) is 3.57. The van der Waals surface area contributed by atoms with Crippen molar-refractivity contribution in [1.29, 1.82) is 0 Å². The van der Waals surface area contributed by atoms with Gasteiger partial charge in [0.2, 0.25) is 0 Å². The van der Waals surface area contributed by atoms with Crippen LogP contribution in [-0.2, 0) is 5.60 Å². The lowest BCUT2D eigenvalue weighted by atomic mass is 9.88. The van der Waals surface area contributed by atoms with Gasteiger partial charge in [-0.2, -0.15) is 0 Å². The molecule has 78 valence electrons. The molecule has 0 saturated carbocycles. The van der Waals surface area contributed by atoms with Crippen LogP contribution in [0.25, 0.3) is 0 Å². The van der Waals surface area contributed by atoms with Crippen molar-refractivity contribution in [2.45, 2.75) is 39.2 Å². The molecule has 0 fully saturated rings. The lowest BCUT2D eigenvalue weighted by Gasteiger charge is -2.26. The molecule has 0 atom stereocenters. The fraction of sp³-hybridized carbons (Fsp3) is 0.500. The third kappa shape index (κ3) is 2.10. The number of benzene rings is 1. The largest absolute Gasteiger partial charge is 0.385 e. The normalized spacial score (nSPS) is 11.8. The van der Waals surface area contributed by atoms with Crippen molar-refractivity contribution in [2.24, 2.45) is 0 Å². The first-order valence-corrected chi connectivity index (χ1v) is 5.40. The van der Waals surface area contributed by atoms with Crippen LogP contribution in [0.15, 0.2) is 18.2 Å². The van der Waals surface area contributed by atoms with Gasteiger partial charge in [-0.15, -0.1) is 0 Å². The van der Waals surface area contributed by atoms with E-state index in [1.165, 1.54) is 0 Å². The van der Waals surface area contributed by atoms with Crippen molar-refractivity contribution in [3.63, 3.8) is 0 Å². The van der Waals surface area contributed by atoms with Gasteiger partial charge in [0.25, 0.3) is 0 Å². The van der Waals surface area contributed by atoms with Crippen molar-refractivity contribution < 1.29 is 5.11 Å². The number of rotatable bonds is 3. The van der Waals surface area contributed by atoms with Crippen LogP contribution < -0.4 is 0 Å². The molecule has 0 aliphatic rings. The van der Waals surface area contributed by atoms with Gasteiger partial charge in [0.15, 0.2) is 0 Å². The van der Waals surface area contributed by atoms with Gasteiger partial charge in [-0.3, -0.25) is 0 Å². The SMILES string of the molecule is CCC(O)(CC)c1ccc(Cl)c(C)c1. The van der Waals surface area contributed by atoms with Crippen LogP contribution >= 0.6 is 11.6 Å². The maximum absolute atomic E-state index is 10.3. The minimum atomic E-state index is -0.699. The summed E-state index contributed by atoms with van der Waals surface area (Å²) in [6.07, 6.45) is 1.45. The lowest BCUT2D eigenvalue weighted by molar-refractivity contribution is 0.0283. The maximum atomic E-state index is 10.3. The van der Waals surface area contributed by atoms with Crippen molar-refractivity contribution in [2.75, 3.05) is 0 Å². The van der Waals surface area contributed by atoms with Crippen LogP contribution in [0.2, 0.25) is 5.02 Å². The van der Waals surface area contributed by atoms with Gasteiger partial charge in [0.1, 0.15) is 0 Å². The molecule has 0 saturated heterocycles. The molecular weight excluding hydrogens is 196 g/mol. The standard InChI is InChI=1S/C12H17ClO/c1-4-12(14,5-2)10-6-7-11(13)9(3)8-10/h6-8,14H,4-5H2,1-3H3. The first-order valence-electron chi connectivity index (χ1n) is 5.02. The van der Waals surface area contributed by atoms with Crippen molar-refractivity contribution >= 4 is 11.6 Å². The molecule has 1 nitrogen and oxygen atoms in total. The molecular formula is C12H17ClO. The third-order valence-electron chi connectivity index (χ3n) is 2.87. The summed E-state index contributed by atoms with van der Waals surface area (Å²) in [6, 6.07) is 5.72. The van der Waals surface area contributed by atoms with Crippen molar-refractivity contribution in [1.82, 2.24) is 0 Å². The van der Waals surface area contributed by atoms with Gasteiger partial charge in [0, 0.05) is 5.02 Å².